The van der Waals surface area contributed by atoms with Crippen molar-refractivity contribution in [3.8, 4) is 10.6 Å². The Morgan fingerprint density at radius 1 is 1.15 bits per heavy atom. The van der Waals surface area contributed by atoms with Crippen LogP contribution in [0.25, 0.3) is 10.6 Å². The van der Waals surface area contributed by atoms with E-state index in [0.29, 0.717) is 19.6 Å². The number of hydrogen-bond acceptors (Lipinski definition) is 5. The van der Waals surface area contributed by atoms with E-state index in [1.54, 1.807) is 12.4 Å². The first-order valence-corrected chi connectivity index (χ1v) is 10.9. The number of unbranched alkanes of at least 4 members (excludes halogenated alkanes) is 5. The van der Waals surface area contributed by atoms with Crippen molar-refractivity contribution in [3.63, 3.8) is 0 Å². The van der Waals surface area contributed by atoms with Gasteiger partial charge < -0.3 is 10.1 Å². The molecule has 2 rings (SSSR count). The normalized spacial score (nSPS) is 10.9. The fourth-order valence-electron chi connectivity index (χ4n) is 2.73. The number of thiazole rings is 1. The van der Waals surface area contributed by atoms with E-state index in [2.05, 4.69) is 22.2 Å². The van der Waals surface area contributed by atoms with Gasteiger partial charge in [-0.3, -0.25) is 9.78 Å². The minimum Gasteiger partial charge on any atom is -0.381 e. The summed E-state index contributed by atoms with van der Waals surface area (Å²) < 4.78 is 5.62. The number of carbonyl (C=O) groups is 1. The highest BCUT2D eigenvalue weighted by Crippen LogP contribution is 2.22. The Morgan fingerprint density at radius 3 is 2.78 bits per heavy atom. The molecule has 0 unspecified atom stereocenters. The van der Waals surface area contributed by atoms with Gasteiger partial charge in [0.15, 0.2) is 0 Å². The van der Waals surface area contributed by atoms with Crippen LogP contribution in [0.15, 0.2) is 29.9 Å². The third-order valence-corrected chi connectivity index (χ3v) is 5.17. The Hall–Kier alpha value is -1.79. The monoisotopic (exact) mass is 389 g/mol. The molecule has 0 aromatic carbocycles. The molecule has 0 fully saturated rings. The van der Waals surface area contributed by atoms with Crippen molar-refractivity contribution in [3.05, 3.63) is 35.6 Å². The molecule has 0 aliphatic heterocycles. The Kier molecular flexibility index (Phi) is 10.7. The second-order valence-corrected chi connectivity index (χ2v) is 7.50. The third kappa shape index (κ3) is 9.11. The quantitative estimate of drug-likeness (QED) is 0.478. The Balaban J connectivity index is 1.50. The van der Waals surface area contributed by atoms with Crippen molar-refractivity contribution >= 4 is 17.2 Å². The van der Waals surface area contributed by atoms with Gasteiger partial charge in [0.1, 0.15) is 5.01 Å². The van der Waals surface area contributed by atoms with Crippen molar-refractivity contribution < 1.29 is 9.53 Å². The standard InChI is InChI=1S/C21H31N3O2S/c1-2-3-4-5-6-7-13-26-14-9-12-23-20(25)15-19-17-27-21(24-19)18-10-8-11-22-16-18/h8,10-11,16-17H,2-7,9,12-15H2,1H3,(H,23,25). The lowest BCUT2D eigenvalue weighted by atomic mass is 10.1. The van der Waals surface area contributed by atoms with Crippen LogP contribution >= 0.6 is 11.3 Å². The topological polar surface area (TPSA) is 64.1 Å². The van der Waals surface area contributed by atoms with Crippen molar-refractivity contribution in [1.82, 2.24) is 15.3 Å². The molecule has 0 bridgehead atoms. The van der Waals surface area contributed by atoms with Crippen molar-refractivity contribution in [1.29, 1.82) is 0 Å². The summed E-state index contributed by atoms with van der Waals surface area (Å²) >= 11 is 1.54. The van der Waals surface area contributed by atoms with Crippen LogP contribution < -0.4 is 5.32 Å². The lowest BCUT2D eigenvalue weighted by Gasteiger charge is -2.06. The van der Waals surface area contributed by atoms with Crippen LogP contribution in [0.4, 0.5) is 0 Å². The van der Waals surface area contributed by atoms with Gasteiger partial charge in [0, 0.05) is 43.1 Å². The first-order valence-electron chi connectivity index (χ1n) is 9.99. The summed E-state index contributed by atoms with van der Waals surface area (Å²) in [4.78, 5) is 20.6. The molecule has 0 radical (unpaired) electrons. The summed E-state index contributed by atoms with van der Waals surface area (Å²) in [6.07, 6.45) is 12.4. The van der Waals surface area contributed by atoms with Crippen molar-refractivity contribution in [2.75, 3.05) is 19.8 Å². The lowest BCUT2D eigenvalue weighted by molar-refractivity contribution is -0.120. The van der Waals surface area contributed by atoms with Gasteiger partial charge in [-0.1, -0.05) is 39.0 Å². The number of carbonyl (C=O) groups excluding carboxylic acids is 1. The molecule has 6 heteroatoms. The van der Waals surface area contributed by atoms with Gasteiger partial charge in [-0.05, 0) is 25.0 Å². The fraction of sp³-hybridized carbons (Fsp3) is 0.571. The Labute approximate surface area is 166 Å². The first-order chi connectivity index (χ1) is 13.3. The molecule has 0 aliphatic rings. The zero-order chi connectivity index (χ0) is 19.2. The molecule has 148 valence electrons. The summed E-state index contributed by atoms with van der Waals surface area (Å²) in [5.74, 6) is 0.00830. The number of aromatic nitrogens is 2. The summed E-state index contributed by atoms with van der Waals surface area (Å²) in [7, 11) is 0. The van der Waals surface area contributed by atoms with Crippen molar-refractivity contribution in [2.45, 2.75) is 58.3 Å². The van der Waals surface area contributed by atoms with Gasteiger partial charge in [0.05, 0.1) is 12.1 Å². The van der Waals surface area contributed by atoms with E-state index in [4.69, 9.17) is 4.74 Å². The molecule has 1 N–H and O–H groups in total. The highest BCUT2D eigenvalue weighted by atomic mass is 32.1. The van der Waals surface area contributed by atoms with Crippen LogP contribution in [-0.4, -0.2) is 35.6 Å². The molecule has 0 saturated heterocycles. The first kappa shape index (κ1) is 21.5. The largest absolute Gasteiger partial charge is 0.381 e. The Bertz CT molecular complexity index is 646. The number of nitrogens with one attached hydrogen (secondary N) is 1. The second-order valence-electron chi connectivity index (χ2n) is 6.65. The maximum atomic E-state index is 12.0. The molecule has 0 atom stereocenters. The number of amides is 1. The number of nitrogens with zero attached hydrogens (tertiary/aromatic N) is 2. The number of rotatable bonds is 14. The zero-order valence-corrected chi connectivity index (χ0v) is 17.1. The maximum Gasteiger partial charge on any atom is 0.226 e. The smallest absolute Gasteiger partial charge is 0.226 e. The predicted molar refractivity (Wildman–Crippen MR) is 111 cm³/mol. The summed E-state index contributed by atoms with van der Waals surface area (Å²) in [5, 5.41) is 5.77. The van der Waals surface area contributed by atoms with E-state index in [1.807, 2.05) is 17.5 Å². The second kappa shape index (κ2) is 13.4. The van der Waals surface area contributed by atoms with Gasteiger partial charge in [0.2, 0.25) is 5.91 Å². The van der Waals surface area contributed by atoms with Gasteiger partial charge in [0.25, 0.3) is 0 Å². The average molecular weight is 390 g/mol. The van der Waals surface area contributed by atoms with Crippen LogP contribution in [0.3, 0.4) is 0 Å². The number of hydrogen-bond donors (Lipinski definition) is 1. The molecule has 1 amide bonds. The molecule has 5 nitrogen and oxygen atoms in total. The highest BCUT2D eigenvalue weighted by Gasteiger charge is 2.08. The number of pyridine rings is 1. The average Bonchev–Trinajstić information content (AvgIpc) is 3.15. The van der Waals surface area contributed by atoms with E-state index in [1.165, 1.54) is 43.4 Å². The lowest BCUT2D eigenvalue weighted by Crippen LogP contribution is -2.27. The van der Waals surface area contributed by atoms with Crippen LogP contribution in [0.2, 0.25) is 0 Å². The highest BCUT2D eigenvalue weighted by molar-refractivity contribution is 7.13. The minimum absolute atomic E-state index is 0.00830. The molecule has 2 aromatic rings. The van der Waals surface area contributed by atoms with Crippen LogP contribution in [0, 0.1) is 0 Å². The van der Waals surface area contributed by atoms with E-state index in [0.717, 1.165) is 35.7 Å². The van der Waals surface area contributed by atoms with Crippen LogP contribution in [-0.2, 0) is 16.0 Å². The third-order valence-electron chi connectivity index (χ3n) is 4.23. The number of ether oxygens (including phenoxy) is 1. The van der Waals surface area contributed by atoms with Crippen LogP contribution in [0.5, 0.6) is 0 Å². The summed E-state index contributed by atoms with van der Waals surface area (Å²) in [5.41, 5.74) is 1.78. The summed E-state index contributed by atoms with van der Waals surface area (Å²) in [6, 6.07) is 3.86. The van der Waals surface area contributed by atoms with Gasteiger partial charge in [-0.2, -0.15) is 0 Å². The van der Waals surface area contributed by atoms with Gasteiger partial charge in [-0.25, -0.2) is 4.98 Å². The zero-order valence-electron chi connectivity index (χ0n) is 16.3. The Morgan fingerprint density at radius 2 is 1.96 bits per heavy atom. The van der Waals surface area contributed by atoms with E-state index >= 15 is 0 Å². The molecule has 2 aromatic heterocycles. The molecule has 27 heavy (non-hydrogen) atoms. The molecule has 0 spiro atoms. The molecule has 0 aliphatic carbocycles. The van der Waals surface area contributed by atoms with Gasteiger partial charge >= 0.3 is 0 Å². The van der Waals surface area contributed by atoms with E-state index < -0.39 is 0 Å². The van der Waals surface area contributed by atoms with Crippen LogP contribution in [0.1, 0.15) is 57.6 Å². The minimum atomic E-state index is 0.00830. The molecular formula is C21H31N3O2S. The fourth-order valence-corrected chi connectivity index (χ4v) is 3.54. The molecular weight excluding hydrogens is 358 g/mol. The maximum absolute atomic E-state index is 12.0. The predicted octanol–water partition coefficient (Wildman–Crippen LogP) is 4.63. The van der Waals surface area contributed by atoms with Crippen molar-refractivity contribution in [2.24, 2.45) is 0 Å². The molecule has 0 saturated carbocycles. The van der Waals surface area contributed by atoms with E-state index in [-0.39, 0.29) is 5.91 Å². The van der Waals surface area contributed by atoms with E-state index in [9.17, 15) is 4.79 Å². The SMILES string of the molecule is CCCCCCCCOCCCNC(=O)Cc1csc(-c2cccnc2)n1. The summed E-state index contributed by atoms with van der Waals surface area (Å²) in [6.45, 7) is 4.42. The van der Waals surface area contributed by atoms with Gasteiger partial charge in [-0.15, -0.1) is 11.3 Å². The molecule has 2 heterocycles.